The van der Waals surface area contributed by atoms with E-state index in [0.29, 0.717) is 4.68 Å². The van der Waals surface area contributed by atoms with Crippen LogP contribution in [0, 0.1) is 0 Å². The van der Waals surface area contributed by atoms with E-state index in [1.54, 1.807) is 6.92 Å². The minimum atomic E-state index is -4.44. The van der Waals surface area contributed by atoms with Crippen LogP contribution >= 0.6 is 0 Å². The number of hydrogen-bond donors (Lipinski definition) is 2. The van der Waals surface area contributed by atoms with Gasteiger partial charge in [-0.1, -0.05) is 0 Å². The van der Waals surface area contributed by atoms with Crippen LogP contribution in [0.25, 0.3) is 0 Å². The van der Waals surface area contributed by atoms with Crippen LogP contribution < -0.4 is 5.32 Å². The Morgan fingerprint density at radius 2 is 2.29 bits per heavy atom. The maximum Gasteiger partial charge on any atom is 0.410 e. The molecule has 1 aliphatic heterocycles. The zero-order chi connectivity index (χ0) is 12.8. The molecule has 2 rings (SSSR count). The number of nitrogens with zero attached hydrogens (tertiary/aromatic N) is 2. The monoisotopic (exact) mass is 249 g/mol. The normalized spacial score (nSPS) is 24.0. The zero-order valence-corrected chi connectivity index (χ0v) is 8.82. The Kier molecular flexibility index (Phi) is 2.52. The van der Waals surface area contributed by atoms with E-state index in [1.807, 2.05) is 0 Å². The second-order valence-electron chi connectivity index (χ2n) is 4.00. The fourth-order valence-corrected chi connectivity index (χ4v) is 1.90. The van der Waals surface area contributed by atoms with Crippen LogP contribution in [0.5, 0.6) is 0 Å². The summed E-state index contributed by atoms with van der Waals surface area (Å²) in [5.41, 5.74) is -0.245. The Hall–Kier alpha value is -1.73. The number of carbonyl (C=O) groups is 1. The van der Waals surface area contributed by atoms with E-state index in [9.17, 15) is 18.0 Å². The van der Waals surface area contributed by atoms with E-state index < -0.39 is 24.2 Å². The summed E-state index contributed by atoms with van der Waals surface area (Å²) in [6, 6.07) is -2.23. The summed E-state index contributed by atoms with van der Waals surface area (Å²) in [4.78, 5) is 10.8. The van der Waals surface area contributed by atoms with Crippen LogP contribution in [0.4, 0.5) is 19.0 Å². The first-order valence-corrected chi connectivity index (χ1v) is 4.94. The van der Waals surface area contributed by atoms with E-state index in [2.05, 4.69) is 10.4 Å². The number of aromatic nitrogens is 2. The molecule has 0 aliphatic carbocycles. The van der Waals surface area contributed by atoms with Gasteiger partial charge in [0.25, 0.3) is 0 Å². The number of aromatic carboxylic acids is 1. The number of hydrogen-bond acceptors (Lipinski definition) is 3. The summed E-state index contributed by atoms with van der Waals surface area (Å²) in [5, 5.41) is 15.1. The highest BCUT2D eigenvalue weighted by molar-refractivity contribution is 5.93. The lowest BCUT2D eigenvalue weighted by Gasteiger charge is -2.31. The third kappa shape index (κ3) is 1.94. The summed E-state index contributed by atoms with van der Waals surface area (Å²) in [5.74, 6) is -1.38. The van der Waals surface area contributed by atoms with E-state index >= 15 is 0 Å². The Balaban J connectivity index is 2.49. The van der Waals surface area contributed by atoms with Crippen LogP contribution in [0.2, 0.25) is 0 Å². The number of halogens is 3. The minimum Gasteiger partial charge on any atom is -0.477 e. The van der Waals surface area contributed by atoms with Crippen molar-refractivity contribution in [2.24, 2.45) is 0 Å². The first kappa shape index (κ1) is 11.7. The predicted octanol–water partition coefficient (Wildman–Crippen LogP) is 1.89. The van der Waals surface area contributed by atoms with Crippen molar-refractivity contribution in [1.82, 2.24) is 9.78 Å². The van der Waals surface area contributed by atoms with E-state index in [1.165, 1.54) is 0 Å². The first-order valence-electron chi connectivity index (χ1n) is 4.94. The molecular weight excluding hydrogens is 239 g/mol. The molecule has 0 aromatic carbocycles. The maximum atomic E-state index is 12.8. The molecule has 0 spiro atoms. The third-order valence-electron chi connectivity index (χ3n) is 2.66. The van der Waals surface area contributed by atoms with Gasteiger partial charge in [0.05, 0.1) is 6.20 Å². The number of alkyl halides is 3. The van der Waals surface area contributed by atoms with Gasteiger partial charge in [-0.15, -0.1) is 0 Å². The largest absolute Gasteiger partial charge is 0.477 e. The van der Waals surface area contributed by atoms with Crippen LogP contribution in [0.1, 0.15) is 29.7 Å². The topological polar surface area (TPSA) is 67.2 Å². The SMILES string of the molecule is C[C@@H]1C[C@H](C(F)(F)F)n2ncc(C(=O)O)c2N1. The van der Waals surface area contributed by atoms with Crippen LogP contribution in [-0.4, -0.2) is 33.1 Å². The molecule has 0 unspecified atom stereocenters. The number of carboxylic acid groups (broad SMARTS) is 1. The molecule has 0 bridgehead atoms. The molecule has 1 aromatic heterocycles. The van der Waals surface area contributed by atoms with E-state index in [0.717, 1.165) is 6.20 Å². The maximum absolute atomic E-state index is 12.8. The summed E-state index contributed by atoms with van der Waals surface area (Å²) in [6.07, 6.45) is -3.68. The summed E-state index contributed by atoms with van der Waals surface area (Å²) >= 11 is 0. The van der Waals surface area contributed by atoms with E-state index in [4.69, 9.17) is 5.11 Å². The molecule has 2 atom stereocenters. The molecule has 0 radical (unpaired) electrons. The van der Waals surface area contributed by atoms with Crippen LogP contribution in [0.3, 0.4) is 0 Å². The molecule has 8 heteroatoms. The van der Waals surface area contributed by atoms with Crippen molar-refractivity contribution in [3.05, 3.63) is 11.8 Å². The van der Waals surface area contributed by atoms with Crippen molar-refractivity contribution in [3.63, 3.8) is 0 Å². The van der Waals surface area contributed by atoms with Crippen molar-refractivity contribution in [2.45, 2.75) is 31.6 Å². The number of carboxylic acids is 1. The van der Waals surface area contributed by atoms with Gasteiger partial charge in [-0.05, 0) is 13.3 Å². The van der Waals surface area contributed by atoms with Crippen molar-refractivity contribution in [3.8, 4) is 0 Å². The highest BCUT2D eigenvalue weighted by Crippen LogP contribution is 2.39. The Labute approximate surface area is 94.2 Å². The van der Waals surface area contributed by atoms with Gasteiger partial charge < -0.3 is 10.4 Å². The van der Waals surface area contributed by atoms with E-state index in [-0.39, 0.29) is 17.8 Å². The molecular formula is C9H10F3N3O2. The summed E-state index contributed by atoms with van der Waals surface area (Å²) < 4.78 is 39.0. The highest BCUT2D eigenvalue weighted by atomic mass is 19.4. The fraction of sp³-hybridized carbons (Fsp3) is 0.556. The fourth-order valence-electron chi connectivity index (χ4n) is 1.90. The molecule has 94 valence electrons. The molecule has 0 amide bonds. The van der Waals surface area contributed by atoms with Gasteiger partial charge >= 0.3 is 12.1 Å². The van der Waals surface area contributed by atoms with Gasteiger partial charge in [0.2, 0.25) is 0 Å². The molecule has 1 aliphatic rings. The number of anilines is 1. The Morgan fingerprint density at radius 1 is 1.65 bits per heavy atom. The van der Waals surface area contributed by atoms with Crippen molar-refractivity contribution < 1.29 is 23.1 Å². The molecule has 0 saturated carbocycles. The van der Waals surface area contributed by atoms with Gasteiger partial charge in [0.15, 0.2) is 6.04 Å². The quantitative estimate of drug-likeness (QED) is 0.797. The average molecular weight is 249 g/mol. The van der Waals surface area contributed by atoms with Gasteiger partial charge in [0, 0.05) is 6.04 Å². The second kappa shape index (κ2) is 3.64. The molecule has 0 fully saturated rings. The first-order chi connectivity index (χ1) is 7.80. The lowest BCUT2D eigenvalue weighted by molar-refractivity contribution is -0.173. The zero-order valence-electron chi connectivity index (χ0n) is 8.82. The van der Waals surface area contributed by atoms with Gasteiger partial charge in [-0.2, -0.15) is 18.3 Å². The lowest BCUT2D eigenvalue weighted by Crippen LogP contribution is -2.38. The van der Waals surface area contributed by atoms with Crippen LogP contribution in [0.15, 0.2) is 6.20 Å². The van der Waals surface area contributed by atoms with Gasteiger partial charge in [-0.3, -0.25) is 0 Å². The van der Waals surface area contributed by atoms with Crippen molar-refractivity contribution in [1.29, 1.82) is 0 Å². The number of nitrogens with one attached hydrogen (secondary N) is 1. The lowest BCUT2D eigenvalue weighted by atomic mass is 10.1. The molecule has 2 heterocycles. The number of fused-ring (bicyclic) bond motifs is 1. The molecule has 5 nitrogen and oxygen atoms in total. The third-order valence-corrected chi connectivity index (χ3v) is 2.66. The smallest absolute Gasteiger partial charge is 0.410 e. The molecule has 0 saturated heterocycles. The molecule has 1 aromatic rings. The second-order valence-corrected chi connectivity index (χ2v) is 4.00. The highest BCUT2D eigenvalue weighted by Gasteiger charge is 2.46. The van der Waals surface area contributed by atoms with Gasteiger partial charge in [0.1, 0.15) is 11.4 Å². The van der Waals surface area contributed by atoms with Gasteiger partial charge in [-0.25, -0.2) is 9.48 Å². The van der Waals surface area contributed by atoms with Crippen molar-refractivity contribution in [2.75, 3.05) is 5.32 Å². The molecule has 2 N–H and O–H groups in total. The minimum absolute atomic E-state index is 0.0847. The predicted molar refractivity (Wildman–Crippen MR) is 52.0 cm³/mol. The average Bonchev–Trinajstić information content (AvgIpc) is 2.57. The standard InChI is InChI=1S/C9H10F3N3O2/c1-4-2-6(9(10,11)12)15-7(14-4)5(3-13-15)8(16)17/h3-4,6,14H,2H2,1H3,(H,16,17)/t4-,6-/m1/s1. The number of rotatable bonds is 1. The Bertz CT molecular complexity index is 455. The summed E-state index contributed by atoms with van der Waals surface area (Å²) in [6.45, 7) is 1.57. The van der Waals surface area contributed by atoms with Crippen LogP contribution in [-0.2, 0) is 0 Å². The van der Waals surface area contributed by atoms with Crippen molar-refractivity contribution >= 4 is 11.8 Å². The molecule has 17 heavy (non-hydrogen) atoms. The summed E-state index contributed by atoms with van der Waals surface area (Å²) in [7, 11) is 0. The Morgan fingerprint density at radius 3 is 2.82 bits per heavy atom.